The summed E-state index contributed by atoms with van der Waals surface area (Å²) in [5, 5.41) is 2.17. The van der Waals surface area contributed by atoms with Gasteiger partial charge in [-0.25, -0.2) is 4.98 Å². The first-order chi connectivity index (χ1) is 18.7. The molecule has 7 rings (SSSR count). The lowest BCUT2D eigenvalue weighted by molar-refractivity contribution is 0.670. The summed E-state index contributed by atoms with van der Waals surface area (Å²) in [7, 11) is 0. The third kappa shape index (κ3) is 3.92. The Kier molecular flexibility index (Phi) is 5.46. The number of hydrogen-bond donors (Lipinski definition) is 0. The number of fused-ring (bicyclic) bond motifs is 3. The van der Waals surface area contributed by atoms with E-state index in [0.717, 1.165) is 55.3 Å². The van der Waals surface area contributed by atoms with Crippen LogP contribution in [0.3, 0.4) is 0 Å². The Labute approximate surface area is 224 Å². The second-order valence-electron chi connectivity index (χ2n) is 9.03. The Bertz CT molecular complexity index is 1930. The zero-order chi connectivity index (χ0) is 25.5. The first-order valence-electron chi connectivity index (χ1n) is 12.3. The maximum atomic E-state index is 6.54. The minimum absolute atomic E-state index is 0.133. The molecule has 38 heavy (non-hydrogen) atoms. The van der Waals surface area contributed by atoms with Crippen LogP contribution in [0, 0.1) is 0 Å². The first-order valence-corrected chi connectivity index (χ1v) is 12.7. The average Bonchev–Trinajstić information content (AvgIpc) is 3.37. The fourth-order valence-electron chi connectivity index (χ4n) is 4.91. The van der Waals surface area contributed by atoms with Crippen LogP contribution in [0.4, 0.5) is 0 Å². The fraction of sp³-hybridized carbons (Fsp3) is 0. The molecule has 2 aromatic heterocycles. The molecule has 0 saturated carbocycles. The minimum Gasteiger partial charge on any atom is -0.455 e. The first kappa shape index (κ1) is 22.4. The van der Waals surface area contributed by atoms with Crippen LogP contribution in [0.5, 0.6) is 0 Å². The SMILES string of the molecule is Clc1nc(-c2cccc(-c3ccccc3)c2)nc(-c2cccc3c2oc2c(-c4ccccc4)cccc23)n1. The number of halogens is 1. The third-order valence-electron chi connectivity index (χ3n) is 6.69. The van der Waals surface area contributed by atoms with Gasteiger partial charge in [-0.2, -0.15) is 9.97 Å². The van der Waals surface area contributed by atoms with Gasteiger partial charge >= 0.3 is 0 Å². The topological polar surface area (TPSA) is 51.8 Å². The summed E-state index contributed by atoms with van der Waals surface area (Å²) in [6, 6.07) is 40.8. The molecule has 0 aliphatic rings. The van der Waals surface area contributed by atoms with E-state index in [0.29, 0.717) is 11.6 Å². The fourth-order valence-corrected chi connectivity index (χ4v) is 5.07. The molecule has 4 nitrogen and oxygen atoms in total. The molecular weight excluding hydrogens is 490 g/mol. The van der Waals surface area contributed by atoms with E-state index < -0.39 is 0 Å². The van der Waals surface area contributed by atoms with Crippen LogP contribution in [0.1, 0.15) is 0 Å². The molecule has 0 unspecified atom stereocenters. The van der Waals surface area contributed by atoms with E-state index in [-0.39, 0.29) is 5.28 Å². The number of furan rings is 1. The van der Waals surface area contributed by atoms with Crippen molar-refractivity contribution in [3.8, 4) is 45.0 Å². The third-order valence-corrected chi connectivity index (χ3v) is 6.86. The normalized spacial score (nSPS) is 11.3. The number of aromatic nitrogens is 3. The number of nitrogens with zero attached hydrogens (tertiary/aromatic N) is 3. The van der Waals surface area contributed by atoms with Gasteiger partial charge in [-0.1, -0.05) is 109 Å². The molecule has 0 N–H and O–H groups in total. The standard InChI is InChI=1S/C33H20ClN3O/c34-33-36-31(24-15-7-14-23(20-24)21-10-3-1-4-11-21)35-32(37-33)28-19-9-18-27-26-17-8-16-25(29(26)38-30(27)28)22-12-5-2-6-13-22/h1-20H. The Hall–Kier alpha value is -4.80. The molecule has 0 radical (unpaired) electrons. The maximum Gasteiger partial charge on any atom is 0.226 e. The van der Waals surface area contributed by atoms with E-state index >= 15 is 0 Å². The lowest BCUT2D eigenvalue weighted by atomic mass is 10.0. The molecule has 0 amide bonds. The number of hydrogen-bond acceptors (Lipinski definition) is 4. The van der Waals surface area contributed by atoms with E-state index in [1.54, 1.807) is 0 Å². The Morgan fingerprint density at radius 3 is 1.74 bits per heavy atom. The maximum absolute atomic E-state index is 6.54. The van der Waals surface area contributed by atoms with E-state index in [4.69, 9.17) is 21.0 Å². The zero-order valence-corrected chi connectivity index (χ0v) is 20.9. The van der Waals surface area contributed by atoms with Gasteiger partial charge in [-0.3, -0.25) is 0 Å². The van der Waals surface area contributed by atoms with Crippen LogP contribution in [0.2, 0.25) is 5.28 Å². The highest BCUT2D eigenvalue weighted by Crippen LogP contribution is 2.39. The van der Waals surface area contributed by atoms with Crippen molar-refractivity contribution in [2.75, 3.05) is 0 Å². The van der Waals surface area contributed by atoms with Crippen molar-refractivity contribution in [3.63, 3.8) is 0 Å². The number of para-hydroxylation sites is 2. The molecule has 0 aliphatic carbocycles. The van der Waals surface area contributed by atoms with Crippen molar-refractivity contribution < 1.29 is 4.42 Å². The van der Waals surface area contributed by atoms with Crippen molar-refractivity contribution in [3.05, 3.63) is 127 Å². The van der Waals surface area contributed by atoms with Gasteiger partial charge in [0.15, 0.2) is 11.6 Å². The smallest absolute Gasteiger partial charge is 0.226 e. The predicted octanol–water partition coefficient (Wildman–Crippen LogP) is 9.09. The van der Waals surface area contributed by atoms with Crippen LogP contribution >= 0.6 is 11.6 Å². The van der Waals surface area contributed by atoms with Crippen molar-refractivity contribution >= 4 is 33.5 Å². The van der Waals surface area contributed by atoms with Crippen LogP contribution in [-0.4, -0.2) is 15.0 Å². The van der Waals surface area contributed by atoms with Gasteiger partial charge in [0.2, 0.25) is 5.28 Å². The van der Waals surface area contributed by atoms with Gasteiger partial charge < -0.3 is 4.42 Å². The molecule has 0 bridgehead atoms. The Morgan fingerprint density at radius 2 is 1.00 bits per heavy atom. The van der Waals surface area contributed by atoms with Gasteiger partial charge in [0.05, 0.1) is 5.56 Å². The summed E-state index contributed by atoms with van der Waals surface area (Å²) in [6.45, 7) is 0. The average molecular weight is 510 g/mol. The highest BCUT2D eigenvalue weighted by Gasteiger charge is 2.18. The summed E-state index contributed by atoms with van der Waals surface area (Å²) in [5.74, 6) is 0.979. The molecular formula is C33H20ClN3O. The second kappa shape index (κ2) is 9.25. The molecule has 0 fully saturated rings. The molecule has 5 aromatic carbocycles. The van der Waals surface area contributed by atoms with Crippen molar-refractivity contribution in [1.82, 2.24) is 15.0 Å². The van der Waals surface area contributed by atoms with Gasteiger partial charge in [0, 0.05) is 21.9 Å². The Morgan fingerprint density at radius 1 is 0.447 bits per heavy atom. The quantitative estimate of drug-likeness (QED) is 0.237. The van der Waals surface area contributed by atoms with E-state index in [1.165, 1.54) is 0 Å². The summed E-state index contributed by atoms with van der Waals surface area (Å²) < 4.78 is 6.54. The van der Waals surface area contributed by atoms with Crippen LogP contribution < -0.4 is 0 Å². The van der Waals surface area contributed by atoms with Gasteiger partial charge in [-0.05, 0) is 40.4 Å². The van der Waals surface area contributed by atoms with E-state index in [1.807, 2.05) is 60.7 Å². The molecule has 7 aromatic rings. The molecule has 0 saturated heterocycles. The summed E-state index contributed by atoms with van der Waals surface area (Å²) in [6.07, 6.45) is 0. The van der Waals surface area contributed by atoms with Gasteiger partial charge in [-0.15, -0.1) is 0 Å². The zero-order valence-electron chi connectivity index (χ0n) is 20.2. The molecule has 2 heterocycles. The van der Waals surface area contributed by atoms with Crippen LogP contribution in [0.15, 0.2) is 126 Å². The lowest BCUT2D eigenvalue weighted by Crippen LogP contribution is -1.97. The van der Waals surface area contributed by atoms with Crippen molar-refractivity contribution in [1.29, 1.82) is 0 Å². The van der Waals surface area contributed by atoms with Crippen molar-refractivity contribution in [2.24, 2.45) is 0 Å². The second-order valence-corrected chi connectivity index (χ2v) is 9.37. The molecule has 0 spiro atoms. The molecule has 180 valence electrons. The van der Waals surface area contributed by atoms with Gasteiger partial charge in [0.25, 0.3) is 0 Å². The van der Waals surface area contributed by atoms with E-state index in [9.17, 15) is 0 Å². The van der Waals surface area contributed by atoms with Crippen LogP contribution in [0.25, 0.3) is 67.0 Å². The van der Waals surface area contributed by atoms with Crippen LogP contribution in [-0.2, 0) is 0 Å². The monoisotopic (exact) mass is 509 g/mol. The predicted molar refractivity (Wildman–Crippen MR) is 154 cm³/mol. The van der Waals surface area contributed by atoms with Crippen molar-refractivity contribution in [2.45, 2.75) is 0 Å². The minimum atomic E-state index is 0.133. The largest absolute Gasteiger partial charge is 0.455 e. The number of rotatable bonds is 4. The summed E-state index contributed by atoms with van der Waals surface area (Å²) in [4.78, 5) is 13.8. The highest BCUT2D eigenvalue weighted by molar-refractivity contribution is 6.28. The highest BCUT2D eigenvalue weighted by atomic mass is 35.5. The molecule has 5 heteroatoms. The number of benzene rings is 5. The Balaban J connectivity index is 1.39. The van der Waals surface area contributed by atoms with Gasteiger partial charge in [0.1, 0.15) is 11.2 Å². The van der Waals surface area contributed by atoms with E-state index in [2.05, 4.69) is 70.6 Å². The summed E-state index contributed by atoms with van der Waals surface area (Å²) in [5.41, 5.74) is 7.52. The molecule has 0 aliphatic heterocycles. The molecule has 0 atom stereocenters. The summed E-state index contributed by atoms with van der Waals surface area (Å²) >= 11 is 6.45. The lowest BCUT2D eigenvalue weighted by Gasteiger charge is -2.07.